The molecule has 3 aliphatic rings. The van der Waals surface area contributed by atoms with E-state index < -0.39 is 53.6 Å². The first-order valence-electron chi connectivity index (χ1n) is 10.6. The zero-order chi connectivity index (χ0) is 24.3. The molecule has 34 heavy (non-hydrogen) atoms. The maximum absolute atomic E-state index is 12.8. The Bertz CT molecular complexity index is 1220. The van der Waals surface area contributed by atoms with Crippen LogP contribution in [-0.4, -0.2) is 69.3 Å². The molecule has 1 saturated heterocycles. The van der Waals surface area contributed by atoms with Crippen LogP contribution in [0.5, 0.6) is 28.7 Å². The molecule has 2 aromatic carbocycles. The molecule has 5 rings (SSSR count). The lowest BCUT2D eigenvalue weighted by Gasteiger charge is -2.45. The van der Waals surface area contributed by atoms with E-state index in [0.29, 0.717) is 5.56 Å². The minimum atomic E-state index is -1.76. The van der Waals surface area contributed by atoms with Gasteiger partial charge in [0.25, 0.3) is 0 Å². The quantitative estimate of drug-likeness (QED) is 0.323. The largest absolute Gasteiger partial charge is 0.508 e. The summed E-state index contributed by atoms with van der Waals surface area (Å²) in [6.07, 6.45) is -2.93. The number of ether oxygens (including phenoxy) is 3. The van der Waals surface area contributed by atoms with E-state index in [2.05, 4.69) is 0 Å². The fraction of sp³-hybridized carbons (Fsp3) is 0.333. The number of rotatable bonds is 3. The number of hydrogen-bond donors (Lipinski definition) is 5. The first kappa shape index (κ1) is 22.1. The number of phenolic OH excluding ortho intramolecular Hbond substituents is 3. The van der Waals surface area contributed by atoms with Crippen LogP contribution in [0.2, 0.25) is 0 Å². The maximum Gasteiger partial charge on any atom is 0.313 e. The Morgan fingerprint density at radius 1 is 1.00 bits per heavy atom. The summed E-state index contributed by atoms with van der Waals surface area (Å²) in [5, 5.41) is 51.7. The van der Waals surface area contributed by atoms with Crippen LogP contribution in [0.25, 0.3) is 0 Å². The number of esters is 1. The molecule has 0 saturated carbocycles. The number of aromatic hydroxyl groups is 3. The van der Waals surface area contributed by atoms with Crippen LogP contribution < -0.4 is 9.47 Å². The van der Waals surface area contributed by atoms with Gasteiger partial charge in [0, 0.05) is 24.0 Å². The van der Waals surface area contributed by atoms with Gasteiger partial charge < -0.3 is 39.7 Å². The number of fused-ring (bicyclic) bond motifs is 3. The zero-order valence-electron chi connectivity index (χ0n) is 17.9. The lowest BCUT2D eigenvalue weighted by Crippen LogP contribution is -2.53. The SMILES string of the molecule is COc1cc(C2C3C=C(C4Oc5cc(O)cc(O)c5C(=O)C4O)C(O)C2COC3=O)ccc1O. The van der Waals surface area contributed by atoms with E-state index in [0.717, 1.165) is 12.1 Å². The highest BCUT2D eigenvalue weighted by molar-refractivity contribution is 6.05. The second-order valence-electron chi connectivity index (χ2n) is 8.57. The van der Waals surface area contributed by atoms with Gasteiger partial charge in [-0.3, -0.25) is 9.59 Å². The van der Waals surface area contributed by atoms with Gasteiger partial charge in [-0.25, -0.2) is 0 Å². The van der Waals surface area contributed by atoms with Crippen molar-refractivity contribution >= 4 is 11.8 Å². The summed E-state index contributed by atoms with van der Waals surface area (Å²) in [4.78, 5) is 25.5. The minimum absolute atomic E-state index is 0.0750. The lowest BCUT2D eigenvalue weighted by molar-refractivity contribution is -0.160. The minimum Gasteiger partial charge on any atom is -0.508 e. The van der Waals surface area contributed by atoms with Crippen LogP contribution in [0.3, 0.4) is 0 Å². The summed E-state index contributed by atoms with van der Waals surface area (Å²) in [5.41, 5.74) is 0.487. The molecule has 1 aliphatic carbocycles. The third-order valence-electron chi connectivity index (χ3n) is 6.70. The van der Waals surface area contributed by atoms with Crippen molar-refractivity contribution in [3.8, 4) is 28.7 Å². The average Bonchev–Trinajstić information content (AvgIpc) is 2.80. The smallest absolute Gasteiger partial charge is 0.313 e. The number of carbonyl (C=O) groups is 2. The molecule has 2 heterocycles. The molecule has 0 amide bonds. The molecule has 1 fully saturated rings. The molecule has 2 bridgehead atoms. The summed E-state index contributed by atoms with van der Waals surface area (Å²) < 4.78 is 16.2. The number of aliphatic hydroxyl groups excluding tert-OH is 2. The van der Waals surface area contributed by atoms with E-state index in [1.54, 1.807) is 12.1 Å². The fourth-order valence-corrected chi connectivity index (χ4v) is 5.09. The van der Waals surface area contributed by atoms with Gasteiger partial charge in [0.2, 0.25) is 5.78 Å². The summed E-state index contributed by atoms with van der Waals surface area (Å²) in [6.45, 7) is -0.114. The van der Waals surface area contributed by atoms with E-state index >= 15 is 0 Å². The Labute approximate surface area is 193 Å². The van der Waals surface area contributed by atoms with Crippen LogP contribution >= 0.6 is 0 Å². The second-order valence-corrected chi connectivity index (χ2v) is 8.57. The van der Waals surface area contributed by atoms with Gasteiger partial charge in [-0.05, 0) is 23.3 Å². The Balaban J connectivity index is 1.57. The monoisotopic (exact) mass is 470 g/mol. The molecule has 2 aliphatic heterocycles. The predicted molar refractivity (Wildman–Crippen MR) is 114 cm³/mol. The maximum atomic E-state index is 12.8. The van der Waals surface area contributed by atoms with Crippen molar-refractivity contribution in [3.63, 3.8) is 0 Å². The highest BCUT2D eigenvalue weighted by atomic mass is 16.5. The van der Waals surface area contributed by atoms with Gasteiger partial charge in [-0.1, -0.05) is 12.1 Å². The Hall–Kier alpha value is -3.76. The topological polar surface area (TPSA) is 163 Å². The Morgan fingerprint density at radius 2 is 1.76 bits per heavy atom. The molecule has 10 heteroatoms. The number of hydrogen-bond acceptors (Lipinski definition) is 10. The third-order valence-corrected chi connectivity index (χ3v) is 6.70. The molecule has 5 N–H and O–H groups in total. The van der Waals surface area contributed by atoms with Gasteiger partial charge in [-0.15, -0.1) is 0 Å². The van der Waals surface area contributed by atoms with Crippen LogP contribution in [-0.2, 0) is 9.53 Å². The van der Waals surface area contributed by atoms with E-state index in [4.69, 9.17) is 14.2 Å². The predicted octanol–water partition coefficient (Wildman–Crippen LogP) is 0.990. The standard InChI is InChI=1S/C24H22O10/c1-32-16-4-9(2-3-14(16)26)18-11-7-12(20(28)13(18)8-33-24(11)31)23-22(30)21(29)19-15(27)5-10(25)6-17(19)34-23/h2-7,11,13,18,20,22-23,25-28,30H,8H2,1H3. The first-order chi connectivity index (χ1) is 16.2. The molecule has 6 unspecified atom stereocenters. The summed E-state index contributed by atoms with van der Waals surface area (Å²) in [5.74, 6) is -4.32. The summed E-state index contributed by atoms with van der Waals surface area (Å²) in [6, 6.07) is 6.73. The van der Waals surface area contributed by atoms with Gasteiger partial charge in [0.15, 0.2) is 23.7 Å². The zero-order valence-corrected chi connectivity index (χ0v) is 17.9. The van der Waals surface area contributed by atoms with Crippen LogP contribution in [0.4, 0.5) is 0 Å². The van der Waals surface area contributed by atoms with Gasteiger partial charge >= 0.3 is 5.97 Å². The van der Waals surface area contributed by atoms with Crippen molar-refractivity contribution in [1.82, 2.24) is 0 Å². The van der Waals surface area contributed by atoms with Crippen molar-refractivity contribution in [2.24, 2.45) is 11.8 Å². The number of carbonyl (C=O) groups excluding carboxylic acids is 2. The number of cyclic esters (lactones) is 1. The highest BCUT2D eigenvalue weighted by Gasteiger charge is 2.52. The van der Waals surface area contributed by atoms with E-state index in [1.165, 1.54) is 19.3 Å². The molecule has 2 aromatic rings. The normalized spacial score (nSPS) is 30.0. The number of benzene rings is 2. The van der Waals surface area contributed by atoms with Gasteiger partial charge in [0.1, 0.15) is 22.8 Å². The van der Waals surface area contributed by atoms with Gasteiger partial charge in [0.05, 0.1) is 25.7 Å². The first-order valence-corrected chi connectivity index (χ1v) is 10.6. The Morgan fingerprint density at radius 3 is 2.50 bits per heavy atom. The van der Waals surface area contributed by atoms with Crippen molar-refractivity contribution in [1.29, 1.82) is 0 Å². The molecule has 0 radical (unpaired) electrons. The van der Waals surface area contributed by atoms with E-state index in [9.17, 15) is 35.1 Å². The molecule has 0 spiro atoms. The molecule has 6 atom stereocenters. The Kier molecular flexibility index (Phi) is 5.14. The second kappa shape index (κ2) is 7.93. The number of Topliss-reactive ketones (excluding diaryl/α,β-unsaturated/α-hetero) is 1. The van der Waals surface area contributed by atoms with Crippen LogP contribution in [0.15, 0.2) is 42.0 Å². The van der Waals surface area contributed by atoms with E-state index in [1.807, 2.05) is 0 Å². The molecule has 0 aromatic heterocycles. The third kappa shape index (κ3) is 3.25. The van der Waals surface area contributed by atoms with Crippen LogP contribution in [0.1, 0.15) is 21.8 Å². The lowest BCUT2D eigenvalue weighted by atomic mass is 9.66. The number of aliphatic hydroxyl groups is 2. The van der Waals surface area contributed by atoms with Crippen molar-refractivity contribution < 1.29 is 49.3 Å². The van der Waals surface area contributed by atoms with Gasteiger partial charge in [-0.2, -0.15) is 0 Å². The average molecular weight is 470 g/mol. The van der Waals surface area contributed by atoms with Crippen LogP contribution in [0, 0.1) is 11.8 Å². The molecule has 10 nitrogen and oxygen atoms in total. The molecular weight excluding hydrogens is 448 g/mol. The number of methoxy groups -OCH3 is 1. The summed E-state index contributed by atoms with van der Waals surface area (Å²) in [7, 11) is 1.40. The van der Waals surface area contributed by atoms with Crippen molar-refractivity contribution in [3.05, 3.63) is 53.1 Å². The molecule has 178 valence electrons. The van der Waals surface area contributed by atoms with Crippen molar-refractivity contribution in [2.75, 3.05) is 13.7 Å². The van der Waals surface area contributed by atoms with E-state index in [-0.39, 0.29) is 40.7 Å². The van der Waals surface area contributed by atoms with Crippen molar-refractivity contribution in [2.45, 2.75) is 24.2 Å². The number of phenols is 3. The fourth-order valence-electron chi connectivity index (χ4n) is 5.09. The molecular formula is C24H22O10. The summed E-state index contributed by atoms with van der Waals surface area (Å²) >= 11 is 0. The number of ketones is 1. The highest BCUT2D eigenvalue weighted by Crippen LogP contribution is 2.49.